The van der Waals surface area contributed by atoms with Gasteiger partial charge in [0.1, 0.15) is 5.78 Å². The molecule has 1 heterocycles. The molecular formula is C12H13NO2. The number of ketones is 1. The fourth-order valence-electron chi connectivity index (χ4n) is 1.91. The molecule has 0 unspecified atom stereocenters. The number of carbonyl (C=O) groups excluding carboxylic acids is 2. The first-order valence-electron chi connectivity index (χ1n) is 5.06. The maximum atomic E-state index is 11.7. The van der Waals surface area contributed by atoms with Gasteiger partial charge >= 0.3 is 0 Å². The summed E-state index contributed by atoms with van der Waals surface area (Å²) in [7, 11) is 0. The predicted molar refractivity (Wildman–Crippen MR) is 57.8 cm³/mol. The molecule has 1 aliphatic heterocycles. The zero-order valence-electron chi connectivity index (χ0n) is 8.69. The second kappa shape index (κ2) is 3.85. The number of carbonyl (C=O) groups is 2. The van der Waals surface area contributed by atoms with E-state index in [1.165, 1.54) is 12.5 Å². The van der Waals surface area contributed by atoms with Crippen molar-refractivity contribution in [1.82, 2.24) is 0 Å². The Kier molecular flexibility index (Phi) is 2.54. The van der Waals surface area contributed by atoms with Gasteiger partial charge in [-0.3, -0.25) is 9.59 Å². The van der Waals surface area contributed by atoms with Crippen molar-refractivity contribution in [2.45, 2.75) is 19.8 Å². The third-order valence-electron chi connectivity index (χ3n) is 2.59. The van der Waals surface area contributed by atoms with Crippen LogP contribution >= 0.6 is 0 Å². The lowest BCUT2D eigenvalue weighted by Crippen LogP contribution is -2.30. The Balaban J connectivity index is 2.20. The molecule has 1 amide bonds. The molecule has 0 N–H and O–H groups in total. The molecule has 0 aromatic heterocycles. The maximum Gasteiger partial charge on any atom is 0.234 e. The molecule has 15 heavy (non-hydrogen) atoms. The highest BCUT2D eigenvalue weighted by molar-refractivity contribution is 6.05. The van der Waals surface area contributed by atoms with E-state index in [1.54, 1.807) is 4.90 Å². The second-order valence-corrected chi connectivity index (χ2v) is 3.80. The fourth-order valence-corrected chi connectivity index (χ4v) is 1.91. The number of Topliss-reactive ketones (excluding diaryl/α,β-unsaturated/α-hetero) is 1. The molecule has 0 aliphatic carbocycles. The average molecular weight is 203 g/mol. The summed E-state index contributed by atoms with van der Waals surface area (Å²) in [5, 5.41) is 0. The quantitative estimate of drug-likeness (QED) is 0.684. The van der Waals surface area contributed by atoms with Crippen LogP contribution in [0.5, 0.6) is 0 Å². The van der Waals surface area contributed by atoms with E-state index >= 15 is 0 Å². The molecule has 0 atom stereocenters. The summed E-state index contributed by atoms with van der Waals surface area (Å²) in [5.74, 6) is -0.170. The molecule has 0 bridgehead atoms. The highest BCUT2D eigenvalue weighted by Crippen LogP contribution is 2.27. The number of anilines is 1. The number of hydrogen-bond acceptors (Lipinski definition) is 2. The SMILES string of the molecule is CC(=O)CC(=O)N1CCc2ccccc21. The van der Waals surface area contributed by atoms with Crippen molar-refractivity contribution in [3.8, 4) is 0 Å². The van der Waals surface area contributed by atoms with E-state index in [2.05, 4.69) is 0 Å². The lowest BCUT2D eigenvalue weighted by atomic mass is 10.2. The van der Waals surface area contributed by atoms with Crippen molar-refractivity contribution < 1.29 is 9.59 Å². The van der Waals surface area contributed by atoms with Gasteiger partial charge in [-0.1, -0.05) is 18.2 Å². The van der Waals surface area contributed by atoms with Gasteiger partial charge in [-0.2, -0.15) is 0 Å². The third kappa shape index (κ3) is 1.91. The molecular weight excluding hydrogens is 190 g/mol. The molecule has 0 radical (unpaired) electrons. The maximum absolute atomic E-state index is 11.7. The van der Waals surface area contributed by atoms with Crippen LogP contribution in [0.3, 0.4) is 0 Å². The first-order chi connectivity index (χ1) is 7.18. The van der Waals surface area contributed by atoms with Crippen LogP contribution < -0.4 is 4.90 Å². The molecule has 1 aliphatic rings. The largest absolute Gasteiger partial charge is 0.311 e. The molecule has 2 rings (SSSR count). The number of fused-ring (bicyclic) bond motifs is 1. The van der Waals surface area contributed by atoms with Crippen molar-refractivity contribution in [3.63, 3.8) is 0 Å². The van der Waals surface area contributed by atoms with E-state index in [0.29, 0.717) is 6.54 Å². The lowest BCUT2D eigenvalue weighted by molar-refractivity contribution is -0.125. The fraction of sp³-hybridized carbons (Fsp3) is 0.333. The van der Waals surface area contributed by atoms with Gasteiger partial charge in [0.15, 0.2) is 0 Å². The number of benzene rings is 1. The number of para-hydroxylation sites is 1. The first-order valence-corrected chi connectivity index (χ1v) is 5.06. The summed E-state index contributed by atoms with van der Waals surface area (Å²) in [6, 6.07) is 7.84. The standard InChI is InChI=1S/C12H13NO2/c1-9(14)8-12(15)13-7-6-10-4-2-3-5-11(10)13/h2-5H,6-8H2,1H3. The number of amides is 1. The van der Waals surface area contributed by atoms with Crippen LogP contribution in [0.4, 0.5) is 5.69 Å². The number of rotatable bonds is 2. The van der Waals surface area contributed by atoms with E-state index in [4.69, 9.17) is 0 Å². The van der Waals surface area contributed by atoms with Gasteiger partial charge in [-0.25, -0.2) is 0 Å². The van der Waals surface area contributed by atoms with Gasteiger partial charge in [-0.05, 0) is 25.0 Å². The van der Waals surface area contributed by atoms with Crippen LogP contribution in [0.15, 0.2) is 24.3 Å². The van der Waals surface area contributed by atoms with Gasteiger partial charge < -0.3 is 4.90 Å². The molecule has 0 saturated heterocycles. The smallest absolute Gasteiger partial charge is 0.234 e. The zero-order valence-corrected chi connectivity index (χ0v) is 8.69. The van der Waals surface area contributed by atoms with E-state index in [-0.39, 0.29) is 18.1 Å². The van der Waals surface area contributed by atoms with Crippen molar-refractivity contribution in [1.29, 1.82) is 0 Å². The summed E-state index contributed by atoms with van der Waals surface area (Å²) >= 11 is 0. The molecule has 0 spiro atoms. The molecule has 3 heteroatoms. The van der Waals surface area contributed by atoms with E-state index in [9.17, 15) is 9.59 Å². The third-order valence-corrected chi connectivity index (χ3v) is 2.59. The van der Waals surface area contributed by atoms with Crippen LogP contribution in [0.2, 0.25) is 0 Å². The minimum absolute atomic E-state index is 0.00827. The highest BCUT2D eigenvalue weighted by atomic mass is 16.2. The van der Waals surface area contributed by atoms with Crippen LogP contribution in [-0.2, 0) is 16.0 Å². The normalized spacial score (nSPS) is 13.8. The van der Waals surface area contributed by atoms with Gasteiger partial charge in [0.2, 0.25) is 5.91 Å². The van der Waals surface area contributed by atoms with Crippen molar-refractivity contribution in [3.05, 3.63) is 29.8 Å². The lowest BCUT2D eigenvalue weighted by Gasteiger charge is -2.16. The highest BCUT2D eigenvalue weighted by Gasteiger charge is 2.24. The molecule has 3 nitrogen and oxygen atoms in total. The van der Waals surface area contributed by atoms with Gasteiger partial charge in [0.25, 0.3) is 0 Å². The van der Waals surface area contributed by atoms with E-state index in [1.807, 2.05) is 24.3 Å². The Hall–Kier alpha value is -1.64. The van der Waals surface area contributed by atoms with Crippen LogP contribution in [0, 0.1) is 0 Å². The molecule has 1 aromatic carbocycles. The zero-order chi connectivity index (χ0) is 10.8. The van der Waals surface area contributed by atoms with Crippen LogP contribution in [-0.4, -0.2) is 18.2 Å². The van der Waals surface area contributed by atoms with Crippen molar-refractivity contribution in [2.75, 3.05) is 11.4 Å². The predicted octanol–water partition coefficient (Wildman–Crippen LogP) is 1.55. The minimum atomic E-state index is -0.0903. The average Bonchev–Trinajstić information content (AvgIpc) is 2.59. The molecule has 0 saturated carbocycles. The summed E-state index contributed by atoms with van der Waals surface area (Å²) < 4.78 is 0. The van der Waals surface area contributed by atoms with Crippen LogP contribution in [0.1, 0.15) is 18.9 Å². The second-order valence-electron chi connectivity index (χ2n) is 3.80. The van der Waals surface area contributed by atoms with Gasteiger partial charge in [0.05, 0.1) is 6.42 Å². The molecule has 0 fully saturated rings. The summed E-state index contributed by atoms with van der Waals surface area (Å²) in [4.78, 5) is 24.3. The Morgan fingerprint density at radius 1 is 1.33 bits per heavy atom. The summed E-state index contributed by atoms with van der Waals surface area (Å²) in [6.07, 6.45) is 0.897. The van der Waals surface area contributed by atoms with Crippen LogP contribution in [0.25, 0.3) is 0 Å². The Labute approximate surface area is 88.7 Å². The van der Waals surface area contributed by atoms with E-state index < -0.39 is 0 Å². The topological polar surface area (TPSA) is 37.4 Å². The molecule has 78 valence electrons. The Morgan fingerprint density at radius 2 is 2.07 bits per heavy atom. The van der Waals surface area contributed by atoms with E-state index in [0.717, 1.165) is 12.1 Å². The van der Waals surface area contributed by atoms with Gasteiger partial charge in [0, 0.05) is 12.2 Å². The molecule has 1 aromatic rings. The van der Waals surface area contributed by atoms with Crippen molar-refractivity contribution in [2.24, 2.45) is 0 Å². The number of nitrogens with zero attached hydrogens (tertiary/aromatic N) is 1. The Morgan fingerprint density at radius 3 is 2.80 bits per heavy atom. The summed E-state index contributed by atoms with van der Waals surface area (Å²) in [5.41, 5.74) is 2.15. The first kappa shape index (κ1) is 9.90. The Bertz CT molecular complexity index is 412. The van der Waals surface area contributed by atoms with Crippen molar-refractivity contribution >= 4 is 17.4 Å². The summed E-state index contributed by atoms with van der Waals surface area (Å²) in [6.45, 7) is 2.14. The minimum Gasteiger partial charge on any atom is -0.311 e. The number of hydrogen-bond donors (Lipinski definition) is 0. The monoisotopic (exact) mass is 203 g/mol. The van der Waals surface area contributed by atoms with Gasteiger partial charge in [-0.15, -0.1) is 0 Å².